The van der Waals surface area contributed by atoms with Crippen molar-refractivity contribution >= 4 is 78.0 Å². The first-order valence-corrected chi connectivity index (χ1v) is 22.1. The number of thiophene rings is 1. The SMILES string of the molecule is Cc1cc2c3c(c1)N(c1ccc4c(c1)C(C)(C)CCC4(C)C)c1sc4cc(C(C)(C)C)ccc4c1B3c1cc(C(C)(C)C)ccc1N2c1cccc(C(C)(C)C)c1. The lowest BCUT2D eigenvalue weighted by atomic mass is 9.33. The fraction of sp³-hybridized carbons (Fsp3) is 0.396. The molecule has 0 spiro atoms. The van der Waals surface area contributed by atoms with Crippen LogP contribution < -0.4 is 26.2 Å². The van der Waals surface area contributed by atoms with Gasteiger partial charge in [-0.2, -0.15) is 0 Å². The Kier molecular flexibility index (Phi) is 8.30. The van der Waals surface area contributed by atoms with Gasteiger partial charge in [0.15, 0.2) is 0 Å². The molecule has 1 aromatic heterocycles. The zero-order valence-corrected chi connectivity index (χ0v) is 37.8. The van der Waals surface area contributed by atoms with E-state index in [1.54, 1.807) is 0 Å². The molecule has 0 saturated heterocycles. The van der Waals surface area contributed by atoms with Crippen molar-refractivity contribution in [3.05, 3.63) is 124 Å². The summed E-state index contributed by atoms with van der Waals surface area (Å²) in [4.78, 5) is 5.26. The molecule has 5 aromatic carbocycles. The van der Waals surface area contributed by atoms with Gasteiger partial charge in [-0.15, -0.1) is 11.3 Å². The van der Waals surface area contributed by atoms with Crippen LogP contribution in [0.3, 0.4) is 0 Å². The topological polar surface area (TPSA) is 6.48 Å². The van der Waals surface area contributed by atoms with Crippen molar-refractivity contribution in [3.8, 4) is 0 Å². The van der Waals surface area contributed by atoms with Crippen molar-refractivity contribution in [2.45, 2.75) is 137 Å². The molecule has 3 aliphatic rings. The molecular weight excluding hydrogens is 707 g/mol. The van der Waals surface area contributed by atoms with Crippen molar-refractivity contribution in [1.29, 1.82) is 0 Å². The van der Waals surface area contributed by atoms with Crippen LogP contribution in [0.25, 0.3) is 10.1 Å². The lowest BCUT2D eigenvalue weighted by Crippen LogP contribution is -2.61. The number of nitrogens with zero attached hydrogens (tertiary/aromatic N) is 2. The molecule has 2 aliphatic heterocycles. The van der Waals surface area contributed by atoms with Crippen LogP contribution in [0.5, 0.6) is 0 Å². The quantitative estimate of drug-likeness (QED) is 0.162. The minimum atomic E-state index is 0.00790. The van der Waals surface area contributed by atoms with Crippen molar-refractivity contribution in [2.24, 2.45) is 0 Å². The van der Waals surface area contributed by atoms with Gasteiger partial charge in [0, 0.05) is 33.1 Å². The third-order valence-electron chi connectivity index (χ3n) is 13.6. The first-order valence-electron chi connectivity index (χ1n) is 21.3. The molecule has 9 rings (SSSR count). The minimum absolute atomic E-state index is 0.00790. The fourth-order valence-electron chi connectivity index (χ4n) is 9.95. The van der Waals surface area contributed by atoms with E-state index in [0.29, 0.717) is 0 Å². The molecule has 0 saturated carbocycles. The van der Waals surface area contributed by atoms with E-state index in [2.05, 4.69) is 198 Å². The second-order valence-electron chi connectivity index (χ2n) is 21.9. The number of anilines is 6. The molecule has 0 bridgehead atoms. The molecule has 4 heteroatoms. The second kappa shape index (κ2) is 12.4. The van der Waals surface area contributed by atoms with E-state index in [4.69, 9.17) is 0 Å². The number of benzene rings is 5. The van der Waals surface area contributed by atoms with Gasteiger partial charge in [-0.1, -0.05) is 132 Å². The molecule has 3 heterocycles. The molecule has 0 radical (unpaired) electrons. The second-order valence-corrected chi connectivity index (χ2v) is 23.0. The van der Waals surface area contributed by atoms with Crippen LogP contribution in [0, 0.1) is 6.92 Å². The maximum absolute atomic E-state index is 2.67. The molecule has 292 valence electrons. The van der Waals surface area contributed by atoms with Gasteiger partial charge >= 0.3 is 0 Å². The third kappa shape index (κ3) is 6.02. The highest BCUT2D eigenvalue weighted by atomic mass is 32.1. The van der Waals surface area contributed by atoms with Crippen molar-refractivity contribution in [2.75, 3.05) is 9.80 Å². The van der Waals surface area contributed by atoms with Crippen LogP contribution >= 0.6 is 11.3 Å². The van der Waals surface area contributed by atoms with Crippen LogP contribution in [-0.4, -0.2) is 6.71 Å². The van der Waals surface area contributed by atoms with Crippen LogP contribution in [0.4, 0.5) is 33.4 Å². The molecule has 1 aliphatic carbocycles. The average molecular weight is 769 g/mol. The van der Waals surface area contributed by atoms with Crippen molar-refractivity contribution < 1.29 is 0 Å². The van der Waals surface area contributed by atoms with E-state index in [9.17, 15) is 0 Å². The summed E-state index contributed by atoms with van der Waals surface area (Å²) in [5, 5.41) is 2.73. The summed E-state index contributed by atoms with van der Waals surface area (Å²) in [6.07, 6.45) is 2.40. The molecule has 0 fully saturated rings. The van der Waals surface area contributed by atoms with Gasteiger partial charge in [-0.05, 0) is 151 Å². The maximum atomic E-state index is 2.67. The fourth-order valence-corrected chi connectivity index (χ4v) is 11.3. The number of rotatable bonds is 2. The summed E-state index contributed by atoms with van der Waals surface area (Å²) in [5.41, 5.74) is 19.4. The number of fused-ring (bicyclic) bond motifs is 7. The van der Waals surface area contributed by atoms with Gasteiger partial charge in [0.25, 0.3) is 6.71 Å². The average Bonchev–Trinajstić information content (AvgIpc) is 3.50. The molecule has 2 nitrogen and oxygen atoms in total. The van der Waals surface area contributed by atoms with Gasteiger partial charge < -0.3 is 9.80 Å². The Bertz CT molecular complexity index is 2620. The lowest BCUT2D eigenvalue weighted by Gasteiger charge is -2.45. The number of aryl methyl sites for hydroxylation is 1. The van der Waals surface area contributed by atoms with Gasteiger partial charge in [0.05, 0.1) is 5.00 Å². The van der Waals surface area contributed by atoms with Gasteiger partial charge in [-0.25, -0.2) is 0 Å². The summed E-state index contributed by atoms with van der Waals surface area (Å²) in [7, 11) is 0. The van der Waals surface area contributed by atoms with E-state index < -0.39 is 0 Å². The molecule has 0 N–H and O–H groups in total. The Labute approximate surface area is 347 Å². The normalized spacial score (nSPS) is 17.0. The van der Waals surface area contributed by atoms with Crippen molar-refractivity contribution in [3.63, 3.8) is 0 Å². The predicted octanol–water partition coefficient (Wildman–Crippen LogP) is 13.5. The summed E-state index contributed by atoms with van der Waals surface area (Å²) in [5.74, 6) is 0. The first kappa shape index (κ1) is 38.3. The predicted molar refractivity (Wildman–Crippen MR) is 252 cm³/mol. The number of hydrogen-bond donors (Lipinski definition) is 0. The molecule has 6 aromatic rings. The van der Waals surface area contributed by atoms with Crippen molar-refractivity contribution in [1.82, 2.24) is 0 Å². The lowest BCUT2D eigenvalue weighted by molar-refractivity contribution is 0.332. The zero-order valence-electron chi connectivity index (χ0n) is 37.0. The monoisotopic (exact) mass is 768 g/mol. The zero-order chi connectivity index (χ0) is 40.8. The van der Waals surface area contributed by atoms with E-state index in [1.807, 2.05) is 11.3 Å². The highest BCUT2D eigenvalue weighted by molar-refractivity contribution is 7.26. The Morgan fingerprint density at radius 2 is 1.12 bits per heavy atom. The minimum Gasteiger partial charge on any atom is -0.311 e. The molecule has 0 amide bonds. The summed E-state index contributed by atoms with van der Waals surface area (Å²) in [6.45, 7) is 33.2. The van der Waals surface area contributed by atoms with Crippen LogP contribution in [-0.2, 0) is 27.1 Å². The van der Waals surface area contributed by atoms with Gasteiger partial charge in [-0.3, -0.25) is 0 Å². The maximum Gasteiger partial charge on any atom is 0.254 e. The molecular formula is C53H61BN2S. The Morgan fingerprint density at radius 1 is 0.544 bits per heavy atom. The van der Waals surface area contributed by atoms with E-state index in [0.717, 1.165) is 0 Å². The summed E-state index contributed by atoms with van der Waals surface area (Å²) >= 11 is 1.99. The highest BCUT2D eigenvalue weighted by Crippen LogP contribution is 2.52. The van der Waals surface area contributed by atoms with Gasteiger partial charge in [0.2, 0.25) is 0 Å². The largest absolute Gasteiger partial charge is 0.311 e. The Hall–Kier alpha value is -4.28. The standard InChI is InChI=1S/C53H61BN2S/c1-32-26-43-47-44(27-32)56(37-20-22-39-40(31-37)53(13,14)25-24-52(39,11)12)48-46(38-21-18-35(51(8,9)10)30-45(38)57-48)54(47)41-29-34(50(5,6)7)19-23-42(41)55(43)36-17-15-16-33(28-36)49(2,3)4/h15-23,26-31H,24-25H2,1-14H3. The summed E-state index contributed by atoms with van der Waals surface area (Å²) in [6, 6.07) is 36.4. The van der Waals surface area contributed by atoms with Gasteiger partial charge in [0.1, 0.15) is 0 Å². The summed E-state index contributed by atoms with van der Waals surface area (Å²) < 4.78 is 1.37. The Balaban J connectivity index is 1.40. The third-order valence-corrected chi connectivity index (χ3v) is 14.8. The number of hydrogen-bond acceptors (Lipinski definition) is 3. The smallest absolute Gasteiger partial charge is 0.254 e. The van der Waals surface area contributed by atoms with Crippen LogP contribution in [0.15, 0.2) is 91.0 Å². The van der Waals surface area contributed by atoms with E-state index in [-0.39, 0.29) is 33.8 Å². The first-order chi connectivity index (χ1) is 26.5. The molecule has 0 atom stereocenters. The van der Waals surface area contributed by atoms with E-state index >= 15 is 0 Å². The van der Waals surface area contributed by atoms with Crippen LogP contribution in [0.2, 0.25) is 0 Å². The molecule has 0 unspecified atom stereocenters. The Morgan fingerprint density at radius 3 is 1.79 bits per heavy atom. The van der Waals surface area contributed by atoms with E-state index in [1.165, 1.54) is 106 Å². The highest BCUT2D eigenvalue weighted by Gasteiger charge is 2.46. The van der Waals surface area contributed by atoms with Crippen LogP contribution in [0.1, 0.15) is 136 Å². The molecule has 57 heavy (non-hydrogen) atoms.